The molecule has 3 aromatic rings. The summed E-state index contributed by atoms with van der Waals surface area (Å²) in [7, 11) is 0. The molecule has 1 aliphatic rings. The number of benzene rings is 2. The van der Waals surface area contributed by atoms with Crippen molar-refractivity contribution in [3.05, 3.63) is 71.0 Å². The summed E-state index contributed by atoms with van der Waals surface area (Å²) in [4.78, 5) is 19.3. The van der Waals surface area contributed by atoms with E-state index in [1.807, 2.05) is 30.3 Å². The van der Waals surface area contributed by atoms with Gasteiger partial charge in [-0.25, -0.2) is 9.97 Å². The fourth-order valence-electron chi connectivity index (χ4n) is 3.16. The highest BCUT2D eigenvalue weighted by Crippen LogP contribution is 2.32. The van der Waals surface area contributed by atoms with Gasteiger partial charge in [0.25, 0.3) is 0 Å². The number of rotatable bonds is 8. The van der Waals surface area contributed by atoms with Crippen LogP contribution >= 0.6 is 0 Å². The number of hydrogen-bond acceptors (Lipinski definition) is 8. The molecule has 0 spiro atoms. The van der Waals surface area contributed by atoms with Crippen LogP contribution in [0.25, 0.3) is 0 Å². The van der Waals surface area contributed by atoms with Gasteiger partial charge in [-0.2, -0.15) is 0 Å². The minimum atomic E-state index is -0.493. The monoisotopic (exact) mass is 407 g/mol. The zero-order valence-corrected chi connectivity index (χ0v) is 16.2. The third-order valence-corrected chi connectivity index (χ3v) is 4.62. The normalized spacial score (nSPS) is 15.5. The van der Waals surface area contributed by atoms with Gasteiger partial charge < -0.3 is 20.1 Å². The van der Waals surface area contributed by atoms with Crippen molar-refractivity contribution in [1.82, 2.24) is 9.97 Å². The molecule has 30 heavy (non-hydrogen) atoms. The van der Waals surface area contributed by atoms with Gasteiger partial charge in [-0.05, 0) is 49.2 Å². The van der Waals surface area contributed by atoms with Crippen molar-refractivity contribution in [3.8, 4) is 11.5 Å². The molecule has 9 nitrogen and oxygen atoms in total. The van der Waals surface area contributed by atoms with E-state index in [0.717, 1.165) is 25.2 Å². The van der Waals surface area contributed by atoms with Crippen LogP contribution in [0.1, 0.15) is 12.8 Å². The van der Waals surface area contributed by atoms with Gasteiger partial charge in [0.1, 0.15) is 17.8 Å². The Labute approximate surface area is 173 Å². The van der Waals surface area contributed by atoms with Crippen LogP contribution in [0.5, 0.6) is 11.5 Å². The van der Waals surface area contributed by atoms with E-state index >= 15 is 0 Å². The molecule has 2 aromatic carbocycles. The molecule has 154 valence electrons. The maximum atomic E-state index is 11.7. The van der Waals surface area contributed by atoms with E-state index in [0.29, 0.717) is 18.0 Å². The third-order valence-electron chi connectivity index (χ3n) is 4.62. The van der Waals surface area contributed by atoms with Gasteiger partial charge in [0.15, 0.2) is 0 Å². The van der Waals surface area contributed by atoms with Crippen LogP contribution in [0.2, 0.25) is 0 Å². The average molecular weight is 407 g/mol. The van der Waals surface area contributed by atoms with E-state index in [-0.39, 0.29) is 23.4 Å². The molecule has 1 saturated heterocycles. The largest absolute Gasteiger partial charge is 0.457 e. The lowest BCUT2D eigenvalue weighted by Crippen LogP contribution is -2.20. The lowest BCUT2D eigenvalue weighted by molar-refractivity contribution is -0.383. The fraction of sp³-hybridized carbons (Fsp3) is 0.238. The number of nitro groups is 1. The molecule has 1 fully saturated rings. The Balaban J connectivity index is 1.47. The molecule has 1 aromatic heterocycles. The summed E-state index contributed by atoms with van der Waals surface area (Å²) in [5.41, 5.74) is 0.433. The average Bonchev–Trinajstić information content (AvgIpc) is 3.28. The first kappa shape index (κ1) is 19.6. The molecule has 2 N–H and O–H groups in total. The van der Waals surface area contributed by atoms with Crippen LogP contribution in [0, 0.1) is 10.1 Å². The molecule has 1 atom stereocenters. The van der Waals surface area contributed by atoms with Crippen LogP contribution in [0.3, 0.4) is 0 Å². The lowest BCUT2D eigenvalue weighted by atomic mass is 10.2. The maximum Gasteiger partial charge on any atom is 0.353 e. The van der Waals surface area contributed by atoms with Crippen molar-refractivity contribution in [2.45, 2.75) is 18.9 Å². The highest BCUT2D eigenvalue weighted by molar-refractivity contribution is 5.73. The van der Waals surface area contributed by atoms with Crippen molar-refractivity contribution < 1.29 is 14.4 Å². The minimum Gasteiger partial charge on any atom is -0.457 e. The summed E-state index contributed by atoms with van der Waals surface area (Å²) < 4.78 is 11.3. The topological polar surface area (TPSA) is 111 Å². The number of nitrogens with zero attached hydrogens (tertiary/aromatic N) is 3. The van der Waals surface area contributed by atoms with E-state index in [2.05, 4.69) is 20.6 Å². The molecule has 0 bridgehead atoms. The van der Waals surface area contributed by atoms with Crippen LogP contribution in [0.4, 0.5) is 23.0 Å². The van der Waals surface area contributed by atoms with E-state index < -0.39 is 4.92 Å². The molecule has 9 heteroatoms. The van der Waals surface area contributed by atoms with Crippen molar-refractivity contribution in [2.24, 2.45) is 0 Å². The van der Waals surface area contributed by atoms with Gasteiger partial charge in [0.2, 0.25) is 11.6 Å². The summed E-state index contributed by atoms with van der Waals surface area (Å²) in [5, 5.41) is 17.7. The molecule has 2 heterocycles. The summed E-state index contributed by atoms with van der Waals surface area (Å²) in [6.45, 7) is 1.18. The van der Waals surface area contributed by atoms with Crippen LogP contribution in [0.15, 0.2) is 60.9 Å². The summed E-state index contributed by atoms with van der Waals surface area (Å²) >= 11 is 0. The van der Waals surface area contributed by atoms with Gasteiger partial charge in [-0.3, -0.25) is 10.1 Å². The number of nitrogens with one attached hydrogen (secondary N) is 2. The van der Waals surface area contributed by atoms with Crippen LogP contribution < -0.4 is 15.4 Å². The zero-order valence-electron chi connectivity index (χ0n) is 16.2. The number of hydrogen-bond donors (Lipinski definition) is 2. The second-order valence-electron chi connectivity index (χ2n) is 6.76. The van der Waals surface area contributed by atoms with E-state index in [4.69, 9.17) is 9.47 Å². The fourth-order valence-corrected chi connectivity index (χ4v) is 3.16. The van der Waals surface area contributed by atoms with Gasteiger partial charge in [0.05, 0.1) is 11.0 Å². The Bertz CT molecular complexity index is 992. The molecule has 4 rings (SSSR count). The molecule has 1 aliphatic heterocycles. The molecular formula is C21H21N5O4. The summed E-state index contributed by atoms with van der Waals surface area (Å²) in [6, 6.07) is 16.5. The first-order valence-electron chi connectivity index (χ1n) is 9.64. The second-order valence-corrected chi connectivity index (χ2v) is 6.76. The van der Waals surface area contributed by atoms with Crippen molar-refractivity contribution in [1.29, 1.82) is 0 Å². The number of aromatic nitrogens is 2. The summed E-state index contributed by atoms with van der Waals surface area (Å²) in [6.07, 6.45) is 3.25. The van der Waals surface area contributed by atoms with Crippen molar-refractivity contribution in [2.75, 3.05) is 23.8 Å². The smallest absolute Gasteiger partial charge is 0.353 e. The van der Waals surface area contributed by atoms with Gasteiger partial charge in [-0.15, -0.1) is 0 Å². The Kier molecular flexibility index (Phi) is 6.00. The Morgan fingerprint density at radius 1 is 1.07 bits per heavy atom. The predicted octanol–water partition coefficient (Wildman–Crippen LogP) is 4.51. The van der Waals surface area contributed by atoms with Crippen LogP contribution in [-0.2, 0) is 4.74 Å². The quantitative estimate of drug-likeness (QED) is 0.414. The number of para-hydroxylation sites is 1. The molecule has 1 unspecified atom stereocenters. The molecular weight excluding hydrogens is 386 g/mol. The van der Waals surface area contributed by atoms with Gasteiger partial charge in [0, 0.05) is 18.8 Å². The van der Waals surface area contributed by atoms with E-state index in [9.17, 15) is 10.1 Å². The van der Waals surface area contributed by atoms with Gasteiger partial charge >= 0.3 is 5.69 Å². The SMILES string of the molecule is O=[N+]([O-])c1c(NCC2CCCO2)ncnc1Nc1ccc(Oc2ccccc2)cc1. The van der Waals surface area contributed by atoms with Crippen molar-refractivity contribution >= 4 is 23.0 Å². The first-order chi connectivity index (χ1) is 14.7. The number of ether oxygens (including phenoxy) is 2. The number of anilines is 3. The van der Waals surface area contributed by atoms with Crippen LogP contribution in [-0.4, -0.2) is 34.1 Å². The minimum absolute atomic E-state index is 0.0353. The highest BCUT2D eigenvalue weighted by atomic mass is 16.6. The van der Waals surface area contributed by atoms with E-state index in [1.54, 1.807) is 24.3 Å². The van der Waals surface area contributed by atoms with Gasteiger partial charge in [-0.1, -0.05) is 18.2 Å². The highest BCUT2D eigenvalue weighted by Gasteiger charge is 2.24. The lowest BCUT2D eigenvalue weighted by Gasteiger charge is -2.13. The molecule has 0 aliphatic carbocycles. The maximum absolute atomic E-state index is 11.7. The first-order valence-corrected chi connectivity index (χ1v) is 9.64. The van der Waals surface area contributed by atoms with E-state index in [1.165, 1.54) is 6.33 Å². The zero-order chi connectivity index (χ0) is 20.8. The third kappa shape index (κ3) is 4.81. The van der Waals surface area contributed by atoms with Crippen molar-refractivity contribution in [3.63, 3.8) is 0 Å². The molecule has 0 saturated carbocycles. The summed E-state index contributed by atoms with van der Waals surface area (Å²) in [5.74, 6) is 1.66. The molecule has 0 radical (unpaired) electrons. The Hall–Kier alpha value is -3.72. The second kappa shape index (κ2) is 9.19. The Morgan fingerprint density at radius 3 is 2.50 bits per heavy atom. The Morgan fingerprint density at radius 2 is 1.80 bits per heavy atom. The predicted molar refractivity (Wildman–Crippen MR) is 112 cm³/mol. The standard InChI is InChI=1S/C21H21N5O4/c27-26(28)19-20(22-13-18-7-4-12-29-18)23-14-24-21(19)25-15-8-10-17(11-9-15)30-16-5-2-1-3-6-16/h1-3,5-6,8-11,14,18H,4,7,12-13H2,(H2,22,23,24,25). The molecule has 0 amide bonds.